The molecule has 3 heterocycles. The predicted molar refractivity (Wildman–Crippen MR) is 136 cm³/mol. The molecule has 1 saturated heterocycles. The molecule has 1 N–H and O–H groups in total. The van der Waals surface area contributed by atoms with Crippen LogP contribution in [0.3, 0.4) is 0 Å². The van der Waals surface area contributed by atoms with E-state index in [-0.39, 0.29) is 12.3 Å². The molecule has 38 heavy (non-hydrogen) atoms. The summed E-state index contributed by atoms with van der Waals surface area (Å²) in [7, 11) is 0. The van der Waals surface area contributed by atoms with E-state index >= 15 is 0 Å². The number of carbonyl (C=O) groups excluding carboxylic acids is 1. The van der Waals surface area contributed by atoms with Gasteiger partial charge in [0.25, 0.3) is 5.91 Å². The molecule has 0 atom stereocenters. The van der Waals surface area contributed by atoms with Gasteiger partial charge >= 0.3 is 0 Å². The molecule has 200 valence electrons. The lowest BCUT2D eigenvalue weighted by Gasteiger charge is -2.32. The molecule has 1 amide bonds. The highest BCUT2D eigenvalue weighted by Crippen LogP contribution is 2.39. The Kier molecular flexibility index (Phi) is 7.90. The summed E-state index contributed by atoms with van der Waals surface area (Å²) >= 11 is 0. The minimum atomic E-state index is -0.954. The zero-order valence-corrected chi connectivity index (χ0v) is 21.0. The quantitative estimate of drug-likeness (QED) is 0.285. The summed E-state index contributed by atoms with van der Waals surface area (Å²) in [6.07, 6.45) is 10.8. The zero-order valence-electron chi connectivity index (χ0n) is 21.0. The second kappa shape index (κ2) is 11.7. The van der Waals surface area contributed by atoms with Crippen molar-refractivity contribution >= 4 is 11.9 Å². The van der Waals surface area contributed by atoms with E-state index in [1.54, 1.807) is 12.4 Å². The predicted octanol–water partition coefficient (Wildman–Crippen LogP) is 4.67. The first-order valence-electron chi connectivity index (χ1n) is 12.9. The third-order valence-electron chi connectivity index (χ3n) is 6.84. The summed E-state index contributed by atoms with van der Waals surface area (Å²) in [4.78, 5) is 27.5. The van der Waals surface area contributed by atoms with Gasteiger partial charge in [0, 0.05) is 50.1 Å². The van der Waals surface area contributed by atoms with Gasteiger partial charge in [0.2, 0.25) is 17.7 Å². The number of benzene rings is 1. The van der Waals surface area contributed by atoms with Gasteiger partial charge < -0.3 is 19.5 Å². The number of aromatic nitrogens is 4. The van der Waals surface area contributed by atoms with Crippen LogP contribution in [0.25, 0.3) is 11.4 Å². The number of hydrogen-bond donors (Lipinski definition) is 1. The minimum Gasteiger partial charge on any atom is -0.493 e. The van der Waals surface area contributed by atoms with Crippen molar-refractivity contribution in [3.63, 3.8) is 0 Å². The topological polar surface area (TPSA) is 106 Å². The van der Waals surface area contributed by atoms with Crippen LogP contribution >= 0.6 is 0 Å². The summed E-state index contributed by atoms with van der Waals surface area (Å²) in [6, 6.07) is 2.08. The summed E-state index contributed by atoms with van der Waals surface area (Å²) in [6.45, 7) is 5.62. The van der Waals surface area contributed by atoms with Crippen molar-refractivity contribution < 1.29 is 22.8 Å². The van der Waals surface area contributed by atoms with Gasteiger partial charge in [-0.2, -0.15) is 4.98 Å². The van der Waals surface area contributed by atoms with Gasteiger partial charge in [-0.25, -0.2) is 18.7 Å². The number of halogens is 2. The molecule has 9 nitrogen and oxygen atoms in total. The van der Waals surface area contributed by atoms with Gasteiger partial charge in [0.05, 0.1) is 12.2 Å². The third kappa shape index (κ3) is 6.15. The molecule has 0 bridgehead atoms. The molecular formula is C27H30F2N6O3. The number of nitrogens with one attached hydrogen (secondary N) is 1. The Morgan fingerprint density at radius 1 is 1.16 bits per heavy atom. The highest BCUT2D eigenvalue weighted by atomic mass is 19.1. The molecule has 1 aromatic carbocycles. The average molecular weight is 525 g/mol. The van der Waals surface area contributed by atoms with Crippen molar-refractivity contribution in [3.8, 4) is 17.1 Å². The van der Waals surface area contributed by atoms with Crippen LogP contribution < -0.4 is 15.0 Å². The van der Waals surface area contributed by atoms with E-state index in [4.69, 9.17) is 9.26 Å². The Morgan fingerprint density at radius 3 is 2.53 bits per heavy atom. The Hall–Kier alpha value is -3.89. The van der Waals surface area contributed by atoms with Gasteiger partial charge in [-0.1, -0.05) is 11.2 Å². The smallest absolute Gasteiger partial charge is 0.257 e. The highest BCUT2D eigenvalue weighted by molar-refractivity contribution is 5.95. The van der Waals surface area contributed by atoms with Crippen LogP contribution in [0.15, 0.2) is 41.7 Å². The summed E-state index contributed by atoms with van der Waals surface area (Å²) < 4.78 is 39.4. The molecule has 11 heteroatoms. The van der Waals surface area contributed by atoms with E-state index in [0.717, 1.165) is 69.3 Å². The van der Waals surface area contributed by atoms with Crippen molar-refractivity contribution in [3.05, 3.63) is 60.3 Å². The van der Waals surface area contributed by atoms with E-state index < -0.39 is 23.1 Å². The molecule has 1 aliphatic carbocycles. The third-order valence-corrected chi connectivity index (χ3v) is 6.84. The highest BCUT2D eigenvalue weighted by Gasteiger charge is 2.30. The Bertz CT molecular complexity index is 1250. The van der Waals surface area contributed by atoms with Crippen LogP contribution in [0, 0.1) is 17.6 Å². The molecule has 2 fully saturated rings. The lowest BCUT2D eigenvalue weighted by Crippen LogP contribution is -2.34. The van der Waals surface area contributed by atoms with Gasteiger partial charge in [-0.3, -0.25) is 4.79 Å². The van der Waals surface area contributed by atoms with E-state index in [1.165, 1.54) is 6.08 Å². The fourth-order valence-electron chi connectivity index (χ4n) is 4.54. The lowest BCUT2D eigenvalue weighted by molar-refractivity contribution is 0.0949. The van der Waals surface area contributed by atoms with E-state index in [9.17, 15) is 13.6 Å². The van der Waals surface area contributed by atoms with Gasteiger partial charge in [-0.05, 0) is 44.4 Å². The fourth-order valence-corrected chi connectivity index (χ4v) is 4.54. The summed E-state index contributed by atoms with van der Waals surface area (Å²) in [5.41, 5.74) is 0.117. The number of rotatable bonds is 11. The molecule has 1 saturated carbocycles. The Balaban J connectivity index is 1.04. The second-order valence-corrected chi connectivity index (χ2v) is 9.68. The van der Waals surface area contributed by atoms with Crippen LogP contribution in [0.1, 0.15) is 60.7 Å². The minimum absolute atomic E-state index is 0.0697. The lowest BCUT2D eigenvalue weighted by atomic mass is 9.92. The molecule has 2 aliphatic rings. The van der Waals surface area contributed by atoms with Crippen molar-refractivity contribution in [1.29, 1.82) is 0 Å². The number of carbonyl (C=O) groups is 1. The largest absolute Gasteiger partial charge is 0.493 e. The van der Waals surface area contributed by atoms with Crippen molar-refractivity contribution in [2.75, 3.05) is 31.1 Å². The van der Waals surface area contributed by atoms with E-state index in [2.05, 4.69) is 36.9 Å². The number of amides is 1. The monoisotopic (exact) mass is 524 g/mol. The normalized spacial score (nSPS) is 15.9. The van der Waals surface area contributed by atoms with Gasteiger partial charge in [0.15, 0.2) is 0 Å². The first kappa shape index (κ1) is 25.7. The van der Waals surface area contributed by atoms with E-state index in [0.29, 0.717) is 36.1 Å². The van der Waals surface area contributed by atoms with Crippen molar-refractivity contribution in [2.45, 2.75) is 44.4 Å². The first-order valence-corrected chi connectivity index (χ1v) is 12.9. The standard InChI is InChI=1S/C27H30F2N6O3/c1-2-9-30-25(36)23-21(28)13-20(14-22(23)29)37-12-3-4-17-7-10-35(11-8-17)27-31-15-19(16-32-27)24-33-26(38-34-24)18-5-6-18/h2,13-18H,1,3-12H2,(H,30,36). The van der Waals surface area contributed by atoms with Crippen LogP contribution in [0.5, 0.6) is 5.75 Å². The number of nitrogens with zero attached hydrogens (tertiary/aromatic N) is 5. The summed E-state index contributed by atoms with van der Waals surface area (Å²) in [5.74, 6) is 0.171. The zero-order chi connectivity index (χ0) is 26.5. The molecule has 1 aliphatic heterocycles. The molecule has 5 rings (SSSR count). The number of hydrogen-bond acceptors (Lipinski definition) is 8. The maximum absolute atomic E-state index is 14.3. The molecule has 0 unspecified atom stereocenters. The Labute approximate surface area is 219 Å². The van der Waals surface area contributed by atoms with Gasteiger partial charge in [0.1, 0.15) is 22.9 Å². The maximum Gasteiger partial charge on any atom is 0.257 e. The van der Waals surface area contributed by atoms with Crippen LogP contribution in [-0.2, 0) is 0 Å². The summed E-state index contributed by atoms with van der Waals surface area (Å²) in [5, 5.41) is 6.41. The number of ether oxygens (including phenoxy) is 1. The molecular weight excluding hydrogens is 494 g/mol. The van der Waals surface area contributed by atoms with Crippen LogP contribution in [0.4, 0.5) is 14.7 Å². The molecule has 3 aromatic rings. The average Bonchev–Trinajstić information content (AvgIpc) is 3.66. The first-order chi connectivity index (χ1) is 18.5. The Morgan fingerprint density at radius 2 is 1.87 bits per heavy atom. The molecule has 0 radical (unpaired) electrons. The van der Waals surface area contributed by atoms with Crippen molar-refractivity contribution in [2.24, 2.45) is 5.92 Å². The fraction of sp³-hybridized carbons (Fsp3) is 0.444. The maximum atomic E-state index is 14.3. The number of anilines is 1. The SMILES string of the molecule is C=CCNC(=O)c1c(F)cc(OCCCC2CCN(c3ncc(-c4noc(C5CC5)n4)cn3)CC2)cc1F. The van der Waals surface area contributed by atoms with E-state index in [1.807, 2.05) is 0 Å². The number of piperidine rings is 1. The van der Waals surface area contributed by atoms with Gasteiger partial charge in [-0.15, -0.1) is 6.58 Å². The molecule has 0 spiro atoms. The van der Waals surface area contributed by atoms with Crippen LogP contribution in [-0.4, -0.2) is 52.3 Å². The van der Waals surface area contributed by atoms with Crippen LogP contribution in [0.2, 0.25) is 0 Å². The molecule has 2 aromatic heterocycles. The van der Waals surface area contributed by atoms with Crippen molar-refractivity contribution in [1.82, 2.24) is 25.4 Å². The second-order valence-electron chi connectivity index (χ2n) is 9.68.